The maximum atomic E-state index is 14.0. The van der Waals surface area contributed by atoms with Gasteiger partial charge in [-0.15, -0.1) is 43.1 Å². The Kier molecular flexibility index (Phi) is 24.0. The van der Waals surface area contributed by atoms with E-state index in [1.807, 2.05) is 20.6 Å². The molecule has 7 fully saturated rings. The zero-order valence-corrected chi connectivity index (χ0v) is 79.8. The van der Waals surface area contributed by atoms with Crippen molar-refractivity contribution >= 4 is 116 Å². The van der Waals surface area contributed by atoms with Gasteiger partial charge in [-0.05, 0) is 246 Å². The van der Waals surface area contributed by atoms with E-state index in [1.165, 1.54) is 80.2 Å². The summed E-state index contributed by atoms with van der Waals surface area (Å²) in [7, 11) is 0. The molecule has 0 spiro atoms. The number of nitrogens with one attached hydrogen (secondary N) is 10. The first kappa shape index (κ1) is 95.3. The van der Waals surface area contributed by atoms with E-state index in [9.17, 15) is 89.1 Å². The summed E-state index contributed by atoms with van der Waals surface area (Å²) < 4.78 is 90.4. The van der Waals surface area contributed by atoms with Crippen LogP contribution in [0.25, 0.3) is 0 Å². The number of Topliss-reactive ketones (excluding diaryl/α,β-unsaturated/α-hetero) is 4. The Labute approximate surface area is 817 Å². The number of alkyl halides is 4. The van der Waals surface area contributed by atoms with Crippen molar-refractivity contribution in [2.24, 2.45) is 17.8 Å². The molecule has 736 valence electrons. The van der Waals surface area contributed by atoms with Crippen LogP contribution in [0.4, 0.5) is 49.1 Å². The first-order valence-electron chi connectivity index (χ1n) is 46.8. The number of fused-ring (bicyclic) bond motifs is 10. The highest BCUT2D eigenvalue weighted by molar-refractivity contribution is 7.09. The summed E-state index contributed by atoms with van der Waals surface area (Å²) >= 11 is 2.68. The van der Waals surface area contributed by atoms with Crippen LogP contribution in [0.15, 0.2) is 90.4 Å². The van der Waals surface area contributed by atoms with Crippen molar-refractivity contribution in [3.8, 4) is 6.07 Å². The number of anilines is 4. The molecule has 0 bridgehead atoms. The Bertz CT molecular complexity index is 7380. The number of ketones is 4. The largest absolute Gasteiger partial charge is 0.340 e. The van der Waals surface area contributed by atoms with Gasteiger partial charge in [0.25, 0.3) is 76.3 Å². The summed E-state index contributed by atoms with van der Waals surface area (Å²) in [6.45, 7) is 12.9. The van der Waals surface area contributed by atoms with Crippen LogP contribution in [0, 0.1) is 82.3 Å². The average Bonchev–Trinajstić information content (AvgIpc) is 1.55. The van der Waals surface area contributed by atoms with Crippen molar-refractivity contribution in [3.63, 3.8) is 0 Å². The van der Waals surface area contributed by atoms with Gasteiger partial charge in [0.1, 0.15) is 79.2 Å². The van der Waals surface area contributed by atoms with E-state index in [4.69, 9.17) is 0 Å². The number of carbonyl (C=O) groups is 12. The van der Waals surface area contributed by atoms with Crippen molar-refractivity contribution in [3.05, 3.63) is 242 Å². The zero-order chi connectivity index (χ0) is 101. The molecule has 8 amide bonds. The summed E-state index contributed by atoms with van der Waals surface area (Å²) in [5.41, 5.74) is 9.72. The van der Waals surface area contributed by atoms with E-state index in [0.29, 0.717) is 189 Å². The molecule has 8 atom stereocenters. The third-order valence-electron chi connectivity index (χ3n) is 29.3. The van der Waals surface area contributed by atoms with Crippen LogP contribution >= 0.6 is 22.7 Å². The second kappa shape index (κ2) is 36.1. The molecule has 4 aliphatic heterocycles. The van der Waals surface area contributed by atoms with Crippen LogP contribution in [-0.2, 0) is 73.6 Å². The molecule has 7 aliphatic carbocycles. The molecule has 37 nitrogen and oxygen atoms in total. The SMILES string of the molecule is Cc1c(C(=O)C(=O)NC2(c3cn[nH]n3)CC(F)(F)C2)c2n(c1C(=O)Nc1ccnc(C(C)F)c1)CCC2.Cc1c(C(=O)C(=O)NC2(c3cn[nH]n3)CCC2)c2n(c1C(=O)Nc1ccnc(C(C)F)c1)[C@@H]1C[C@@H]1C2.Cc1c(F)cc(NC(=O)c2c(C)c(C(=O)C(=O)NC3(c4nncs4)CC3)c3n2[C@@H]2C[C@@H]2C3)cc1F.Cc1ccc(NC(=O)c2c(C)c(C(=O)C(=O)NC3(c4nncs4)CC3)c3n2[C@@H]2C[C@@H]2C3)cc1C#N. The number of hydrogen-bond acceptors (Lipinski definition) is 25. The van der Waals surface area contributed by atoms with Gasteiger partial charge in [-0.3, -0.25) is 67.5 Å². The maximum absolute atomic E-state index is 14.0. The van der Waals surface area contributed by atoms with Crippen LogP contribution in [0.2, 0.25) is 0 Å². The molecule has 45 heteroatoms. The smallest absolute Gasteiger partial charge is 0.293 e. The van der Waals surface area contributed by atoms with E-state index in [0.717, 1.165) is 54.8 Å². The third kappa shape index (κ3) is 17.3. The minimum atomic E-state index is -3.01. The second-order valence-corrected chi connectivity index (χ2v) is 40.4. The highest BCUT2D eigenvalue weighted by Crippen LogP contribution is 2.59. The van der Waals surface area contributed by atoms with Crippen LogP contribution in [0.5, 0.6) is 0 Å². The fraction of sp³-hybridized carbons (Fsp3) is 0.398. The second-order valence-electron chi connectivity index (χ2n) is 38.8. The Balaban J connectivity index is 0.000000117. The molecule has 7 saturated carbocycles. The minimum Gasteiger partial charge on any atom is -0.340 e. The first-order valence-corrected chi connectivity index (χ1v) is 48.5. The number of nitrogens with zero attached hydrogens (tertiary/aromatic N) is 15. The molecule has 143 heavy (non-hydrogen) atoms. The number of aryl methyl sites for hydroxylation is 1. The molecular formula is C98H93F6N25O12S2. The number of nitriles is 1. The standard InChI is InChI=1S/C25H26FN7O3.C25H22N6O3S.C24H24F3N7O3.C24H21F2N5O3S/c1-12-20(22(34)24(36)30-25(5-3-6-25)19-11-28-32-31-19)18-9-14-8-17(14)33(18)21(12)23(35)29-15-4-7-27-16(10-15)13(2)26;1-12-3-4-16(7-15(12)10-26)28-22(33)20-13(2)19(18-9-14-8-17(14)31(18)20)21(32)23(34)29-25(5-6-25)24-30-27-11-35-24;1-12-18(20(35)22(37)31-23(10-24(26,27)11-23)17-9-29-33-32-17)16-4-3-7-34(16)19(12)21(36)30-14-5-6-28-15(8-14)13(2)25;1-10-14(25)7-13(8-15(10)26)28-21(33)19-11(2)18(17-6-12-5-16(12)31(17)19)20(32)22(34)29-24(3-4-24)23-30-27-9-35-23/h4,7,10-11,13-14,17H,3,5-6,8-9H2,1-2H3,(H,30,36)(H,27,29,35)(H,28,31,32);3-4,7,11,14,17H,5-6,8-9H2,1-2H3,(H,28,33)(H,29,34);5-6,8-9,13H,3-4,7,10-11H2,1-2H3,(H,31,37)(H,28,30,36)(H,29,32,33);7-9,12,16H,3-6H2,1-2H3,(H,28,33)(H,29,34)/t13?,14-,17-;14-,17-;;12-,16-/m11.1/s1. The van der Waals surface area contributed by atoms with Crippen molar-refractivity contribution in [1.29, 1.82) is 5.26 Å². The number of aromatic amines is 2. The van der Waals surface area contributed by atoms with Gasteiger partial charge in [0.05, 0.1) is 79.8 Å². The van der Waals surface area contributed by atoms with Gasteiger partial charge in [0, 0.05) is 101 Å². The molecule has 0 radical (unpaired) electrons. The molecular weight excluding hydrogens is 1900 g/mol. The predicted molar refractivity (Wildman–Crippen MR) is 500 cm³/mol. The Morgan fingerprint density at radius 3 is 1.22 bits per heavy atom. The van der Waals surface area contributed by atoms with Crippen molar-refractivity contribution in [2.75, 3.05) is 21.3 Å². The topological polar surface area (TPSA) is 505 Å². The Morgan fingerprint density at radius 2 is 0.853 bits per heavy atom. The monoisotopic (exact) mass is 1990 g/mol. The Morgan fingerprint density at radius 1 is 0.469 bits per heavy atom. The lowest BCUT2D eigenvalue weighted by Gasteiger charge is -2.46. The lowest BCUT2D eigenvalue weighted by Crippen LogP contribution is -2.61. The fourth-order valence-electron chi connectivity index (χ4n) is 21.3. The van der Waals surface area contributed by atoms with Gasteiger partial charge in [0.2, 0.25) is 0 Å². The van der Waals surface area contributed by atoms with E-state index in [1.54, 1.807) is 73.7 Å². The summed E-state index contributed by atoms with van der Waals surface area (Å²) in [5, 5.41) is 68.9. The lowest BCUT2D eigenvalue weighted by atomic mass is 9.71. The molecule has 11 aliphatic rings. The summed E-state index contributed by atoms with van der Waals surface area (Å²) in [5.74, 6) is -11.4. The van der Waals surface area contributed by atoms with Crippen LogP contribution in [-0.4, -0.2) is 156 Å². The van der Waals surface area contributed by atoms with Crippen LogP contribution in [0.3, 0.4) is 0 Å². The van der Waals surface area contributed by atoms with E-state index in [-0.39, 0.29) is 74.9 Å². The number of halogens is 6. The first-order chi connectivity index (χ1) is 68.3. The van der Waals surface area contributed by atoms with Gasteiger partial charge in [-0.25, -0.2) is 26.3 Å². The van der Waals surface area contributed by atoms with Crippen molar-refractivity contribution in [1.82, 2.24) is 101 Å². The molecule has 23 rings (SSSR count). The number of benzene rings is 2. The van der Waals surface area contributed by atoms with E-state index < -0.39 is 129 Å². The molecule has 0 saturated heterocycles. The van der Waals surface area contributed by atoms with Gasteiger partial charge >= 0.3 is 0 Å². The zero-order valence-electron chi connectivity index (χ0n) is 78.2. The minimum absolute atomic E-state index is 0.0192. The number of carbonyl (C=O) groups excluding carboxylic acids is 12. The molecule has 2 aromatic carbocycles. The Hall–Kier alpha value is -15.2. The maximum Gasteiger partial charge on any atom is 0.293 e. The number of rotatable bonds is 26. The van der Waals surface area contributed by atoms with Crippen molar-refractivity contribution < 1.29 is 83.9 Å². The third-order valence-corrected chi connectivity index (χ3v) is 31.1. The van der Waals surface area contributed by atoms with Crippen molar-refractivity contribution in [2.45, 2.75) is 230 Å². The average molecular weight is 1990 g/mol. The van der Waals surface area contributed by atoms with E-state index >= 15 is 0 Å². The lowest BCUT2D eigenvalue weighted by molar-refractivity contribution is -0.148. The molecule has 14 heterocycles. The number of pyridine rings is 2. The number of aromatic nitrogens is 16. The summed E-state index contributed by atoms with van der Waals surface area (Å²) in [6.07, 6.45) is 12.5. The molecule has 2 unspecified atom stereocenters. The molecule has 10 aromatic heterocycles. The quantitative estimate of drug-likeness (QED) is 0.0137. The van der Waals surface area contributed by atoms with Gasteiger partial charge in [-0.2, -0.15) is 36.1 Å². The van der Waals surface area contributed by atoms with Gasteiger partial charge in [-0.1, -0.05) is 6.07 Å². The predicted octanol–water partition coefficient (Wildman–Crippen LogP) is 13.0. The van der Waals surface area contributed by atoms with Gasteiger partial charge < -0.3 is 60.8 Å². The van der Waals surface area contributed by atoms with Crippen LogP contribution < -0.4 is 42.5 Å². The van der Waals surface area contributed by atoms with Gasteiger partial charge in [0.15, 0.2) is 0 Å². The summed E-state index contributed by atoms with van der Waals surface area (Å²) in [6, 6.07) is 15.8. The van der Waals surface area contributed by atoms with Crippen LogP contribution in [0.1, 0.15) is 306 Å². The molecule has 10 N–H and O–H groups in total. The normalized spacial score (nSPS) is 20.1. The number of H-pyrrole nitrogens is 2. The number of amides is 8. The highest BCUT2D eigenvalue weighted by atomic mass is 32.1. The summed E-state index contributed by atoms with van der Waals surface area (Å²) in [4.78, 5) is 167. The fourth-order valence-corrected chi connectivity index (χ4v) is 22.8. The molecule has 12 aromatic rings. The van der Waals surface area contributed by atoms with E-state index in [2.05, 4.69) is 110 Å². The number of hydrogen-bond donors (Lipinski definition) is 10. The highest BCUT2D eigenvalue weighted by Gasteiger charge is 2.61.